The highest BCUT2D eigenvalue weighted by atomic mass is 32.2. The minimum Gasteiger partial charge on any atom is -0.480 e. The smallest absolute Gasteiger partial charge is 0.326 e. The molecule has 2 aliphatic heterocycles. The Hall–Kier alpha value is -1.08. The lowest BCUT2D eigenvalue weighted by molar-refractivity contribution is -0.155. The van der Waals surface area contributed by atoms with Crippen LogP contribution in [0.1, 0.15) is 12.8 Å². The van der Waals surface area contributed by atoms with Gasteiger partial charge in [-0.05, 0) is 19.4 Å². The van der Waals surface area contributed by atoms with E-state index in [4.69, 9.17) is 10.8 Å². The number of nitrogens with two attached hydrogens (primary N) is 1. The van der Waals surface area contributed by atoms with Gasteiger partial charge in [-0.1, -0.05) is 0 Å². The summed E-state index contributed by atoms with van der Waals surface area (Å²) in [5.41, 5.74) is 5.35. The number of thioether (sulfide) groups is 1. The molecule has 2 aliphatic rings. The molecule has 6 nitrogen and oxygen atoms in total. The summed E-state index contributed by atoms with van der Waals surface area (Å²) in [5, 5.41) is 9.17. The number of carbonyl (C=O) groups excluding carboxylic acids is 2. The second-order valence-electron chi connectivity index (χ2n) is 4.58. The van der Waals surface area contributed by atoms with Gasteiger partial charge in [-0.2, -0.15) is 11.8 Å². The molecule has 3 atom stereocenters. The standard InChI is InChI=1S/C11H16N2O4S/c12-3-1-2-8(11(16)17)13-9(14)6-4-18-5-7(6)10(13)15/h6-8H,1-5,12H2,(H,16,17)/t6?,7?,8-/m0/s1. The lowest BCUT2D eigenvalue weighted by Crippen LogP contribution is -2.46. The molecule has 2 fully saturated rings. The first-order chi connectivity index (χ1) is 8.57. The van der Waals surface area contributed by atoms with Crippen molar-refractivity contribution in [1.82, 2.24) is 4.90 Å². The van der Waals surface area contributed by atoms with Crippen molar-refractivity contribution in [3.63, 3.8) is 0 Å². The quantitative estimate of drug-likeness (QED) is 0.656. The van der Waals surface area contributed by atoms with Crippen molar-refractivity contribution >= 4 is 29.5 Å². The van der Waals surface area contributed by atoms with Gasteiger partial charge in [0, 0.05) is 11.5 Å². The van der Waals surface area contributed by atoms with Gasteiger partial charge in [-0.15, -0.1) is 0 Å². The van der Waals surface area contributed by atoms with E-state index in [1.165, 1.54) is 0 Å². The third-order valence-electron chi connectivity index (χ3n) is 3.47. The Morgan fingerprint density at radius 3 is 2.39 bits per heavy atom. The first kappa shape index (κ1) is 13.4. The van der Waals surface area contributed by atoms with Gasteiger partial charge in [0.1, 0.15) is 6.04 Å². The number of hydrogen-bond acceptors (Lipinski definition) is 5. The molecule has 2 heterocycles. The molecule has 18 heavy (non-hydrogen) atoms. The highest BCUT2D eigenvalue weighted by Gasteiger charge is 2.53. The van der Waals surface area contributed by atoms with Crippen molar-refractivity contribution < 1.29 is 19.5 Å². The van der Waals surface area contributed by atoms with Crippen molar-refractivity contribution in [2.75, 3.05) is 18.1 Å². The third kappa shape index (κ3) is 2.12. The van der Waals surface area contributed by atoms with Crippen molar-refractivity contribution in [2.45, 2.75) is 18.9 Å². The molecular formula is C11H16N2O4S. The Morgan fingerprint density at radius 2 is 1.94 bits per heavy atom. The molecule has 7 heteroatoms. The Labute approximate surface area is 109 Å². The van der Waals surface area contributed by atoms with Gasteiger partial charge in [0.05, 0.1) is 11.8 Å². The Kier molecular flexibility index (Phi) is 3.91. The average molecular weight is 272 g/mol. The molecule has 100 valence electrons. The van der Waals surface area contributed by atoms with E-state index in [0.717, 1.165) is 4.90 Å². The summed E-state index contributed by atoms with van der Waals surface area (Å²) in [6, 6.07) is -1.05. The number of hydrogen-bond donors (Lipinski definition) is 2. The van der Waals surface area contributed by atoms with E-state index in [0.29, 0.717) is 24.5 Å². The zero-order chi connectivity index (χ0) is 13.3. The number of likely N-dealkylation sites (tertiary alicyclic amines) is 1. The third-order valence-corrected chi connectivity index (χ3v) is 4.66. The molecule has 2 rings (SSSR count). The molecule has 0 radical (unpaired) electrons. The van der Waals surface area contributed by atoms with Gasteiger partial charge >= 0.3 is 5.97 Å². The van der Waals surface area contributed by atoms with E-state index in [9.17, 15) is 14.4 Å². The Morgan fingerprint density at radius 1 is 1.39 bits per heavy atom. The molecule has 0 bridgehead atoms. The van der Waals surface area contributed by atoms with Crippen LogP contribution in [0.15, 0.2) is 0 Å². The maximum atomic E-state index is 12.1. The highest BCUT2D eigenvalue weighted by molar-refractivity contribution is 7.99. The second-order valence-corrected chi connectivity index (χ2v) is 5.66. The summed E-state index contributed by atoms with van der Waals surface area (Å²) in [7, 11) is 0. The number of carbonyl (C=O) groups is 3. The fourth-order valence-corrected chi connectivity index (χ4v) is 3.88. The molecule has 0 aromatic rings. The van der Waals surface area contributed by atoms with Crippen LogP contribution in [0, 0.1) is 11.8 Å². The van der Waals surface area contributed by atoms with Crippen LogP contribution < -0.4 is 5.73 Å². The lowest BCUT2D eigenvalue weighted by Gasteiger charge is -2.23. The number of aliphatic carboxylic acids is 1. The Bertz CT molecular complexity index is 365. The molecule has 0 spiro atoms. The fourth-order valence-electron chi connectivity index (χ4n) is 2.49. The maximum Gasteiger partial charge on any atom is 0.326 e. The second kappa shape index (κ2) is 5.27. The van der Waals surface area contributed by atoms with E-state index >= 15 is 0 Å². The van der Waals surface area contributed by atoms with Crippen molar-refractivity contribution in [3.05, 3.63) is 0 Å². The fraction of sp³-hybridized carbons (Fsp3) is 0.727. The zero-order valence-corrected chi connectivity index (χ0v) is 10.7. The van der Waals surface area contributed by atoms with Crippen LogP contribution in [0.3, 0.4) is 0 Å². The van der Waals surface area contributed by atoms with Crippen molar-refractivity contribution in [3.8, 4) is 0 Å². The predicted molar refractivity (Wildman–Crippen MR) is 65.9 cm³/mol. The number of amides is 2. The zero-order valence-electron chi connectivity index (χ0n) is 9.87. The summed E-state index contributed by atoms with van der Waals surface area (Å²) in [6.07, 6.45) is 0.716. The largest absolute Gasteiger partial charge is 0.480 e. The van der Waals surface area contributed by atoms with Gasteiger partial charge in [-0.3, -0.25) is 14.5 Å². The highest BCUT2D eigenvalue weighted by Crippen LogP contribution is 2.39. The first-order valence-electron chi connectivity index (χ1n) is 5.95. The predicted octanol–water partition coefficient (Wildman–Crippen LogP) is -0.474. The molecule has 0 saturated carbocycles. The van der Waals surface area contributed by atoms with E-state index in [1.54, 1.807) is 11.8 Å². The summed E-state index contributed by atoms with van der Waals surface area (Å²) in [5.74, 6) is -1.16. The normalized spacial score (nSPS) is 28.6. The minimum absolute atomic E-state index is 0.232. The Balaban J connectivity index is 2.17. The molecule has 2 unspecified atom stereocenters. The van der Waals surface area contributed by atoms with E-state index in [-0.39, 0.29) is 30.1 Å². The van der Waals surface area contributed by atoms with E-state index in [2.05, 4.69) is 0 Å². The number of carboxylic acids is 1. The van der Waals surface area contributed by atoms with Gasteiger partial charge in [-0.25, -0.2) is 4.79 Å². The van der Waals surface area contributed by atoms with Crippen LogP contribution in [-0.2, 0) is 14.4 Å². The van der Waals surface area contributed by atoms with Crippen LogP contribution in [0.25, 0.3) is 0 Å². The lowest BCUT2D eigenvalue weighted by atomic mass is 10.00. The van der Waals surface area contributed by atoms with Crippen LogP contribution in [-0.4, -0.2) is 51.9 Å². The summed E-state index contributed by atoms with van der Waals surface area (Å²) in [6.45, 7) is 0.350. The van der Waals surface area contributed by atoms with Gasteiger partial charge in [0.15, 0.2) is 0 Å². The summed E-state index contributed by atoms with van der Waals surface area (Å²) >= 11 is 1.58. The van der Waals surface area contributed by atoms with Gasteiger partial charge < -0.3 is 10.8 Å². The van der Waals surface area contributed by atoms with Crippen LogP contribution in [0.4, 0.5) is 0 Å². The van der Waals surface area contributed by atoms with Crippen molar-refractivity contribution in [2.24, 2.45) is 17.6 Å². The minimum atomic E-state index is -1.13. The number of rotatable bonds is 5. The molecular weight excluding hydrogens is 256 g/mol. The number of imide groups is 1. The summed E-state index contributed by atoms with van der Waals surface area (Å²) < 4.78 is 0. The maximum absolute atomic E-state index is 12.1. The molecule has 0 aromatic carbocycles. The van der Waals surface area contributed by atoms with E-state index in [1.807, 2.05) is 0 Å². The monoisotopic (exact) mass is 272 g/mol. The van der Waals surface area contributed by atoms with Gasteiger partial charge in [0.2, 0.25) is 11.8 Å². The summed E-state index contributed by atoms with van der Waals surface area (Å²) in [4.78, 5) is 36.4. The molecule has 2 amide bonds. The molecule has 0 aromatic heterocycles. The van der Waals surface area contributed by atoms with Gasteiger partial charge in [0.25, 0.3) is 0 Å². The number of fused-ring (bicyclic) bond motifs is 1. The van der Waals surface area contributed by atoms with Crippen LogP contribution in [0.2, 0.25) is 0 Å². The molecule has 2 saturated heterocycles. The van der Waals surface area contributed by atoms with Crippen LogP contribution >= 0.6 is 11.8 Å². The van der Waals surface area contributed by atoms with Crippen molar-refractivity contribution in [1.29, 1.82) is 0 Å². The van der Waals surface area contributed by atoms with Crippen LogP contribution in [0.5, 0.6) is 0 Å². The molecule has 3 N–H and O–H groups in total. The SMILES string of the molecule is NCCC[C@@H](C(=O)O)N1C(=O)C2CSCC2C1=O. The molecule has 0 aliphatic carbocycles. The van der Waals surface area contributed by atoms with E-state index < -0.39 is 12.0 Å². The average Bonchev–Trinajstić information content (AvgIpc) is 2.88. The number of nitrogens with zero attached hydrogens (tertiary/aromatic N) is 1. The number of carboxylic acid groups (broad SMARTS) is 1. The topological polar surface area (TPSA) is 101 Å². The first-order valence-corrected chi connectivity index (χ1v) is 7.11.